The number of hydrogen-bond donors (Lipinski definition) is 3. The lowest BCUT2D eigenvalue weighted by molar-refractivity contribution is -0.143. The van der Waals surface area contributed by atoms with E-state index in [1.807, 2.05) is 42.5 Å². The Hall–Kier alpha value is -3.39. The van der Waals surface area contributed by atoms with Crippen LogP contribution in [-0.2, 0) is 27.3 Å². The zero-order valence-electron chi connectivity index (χ0n) is 21.3. The summed E-state index contributed by atoms with van der Waals surface area (Å²) in [6.45, 7) is 2.81. The predicted molar refractivity (Wildman–Crippen MR) is 148 cm³/mol. The van der Waals surface area contributed by atoms with E-state index in [-0.39, 0.29) is 36.0 Å². The molecule has 198 valence electrons. The van der Waals surface area contributed by atoms with E-state index in [1.165, 1.54) is 6.42 Å². The number of imidazole rings is 1. The number of amidine groups is 1. The van der Waals surface area contributed by atoms with Crippen LogP contribution in [0.5, 0.6) is 0 Å². The normalized spacial score (nSPS) is 13.6. The smallest absolute Gasteiger partial charge is 0.305 e. The number of esters is 1. The Bertz CT molecular complexity index is 1230. The number of amides is 1. The summed E-state index contributed by atoms with van der Waals surface area (Å²) in [5.41, 5.74) is 9.84. The van der Waals surface area contributed by atoms with Gasteiger partial charge in [-0.15, -0.1) is 12.4 Å². The second kappa shape index (κ2) is 13.2. The van der Waals surface area contributed by atoms with Gasteiger partial charge < -0.3 is 20.4 Å². The van der Waals surface area contributed by atoms with Crippen molar-refractivity contribution in [1.29, 1.82) is 5.41 Å². The lowest BCUT2D eigenvalue weighted by Crippen LogP contribution is -2.24. The van der Waals surface area contributed by atoms with Gasteiger partial charge in [-0.1, -0.05) is 43.5 Å². The van der Waals surface area contributed by atoms with Crippen molar-refractivity contribution in [2.75, 3.05) is 11.9 Å². The monoisotopic (exact) mass is 525 g/mol. The number of nitrogen functional groups attached to an aromatic ring is 1. The first-order valence-corrected chi connectivity index (χ1v) is 12.8. The van der Waals surface area contributed by atoms with Crippen LogP contribution in [0, 0.1) is 11.3 Å². The Balaban J connectivity index is 0.00000380. The number of carbonyl (C=O) groups is 2. The van der Waals surface area contributed by atoms with Crippen LogP contribution in [0.3, 0.4) is 0 Å². The number of fused-ring (bicyclic) bond motifs is 1. The molecule has 1 amide bonds. The number of aromatic nitrogens is 2. The standard InChI is InChI=1S/C28H35N5O3.ClH/c1-2-36-26(34)9-6-16-33-24-15-14-22(31-28(35)21-7-4-3-5-8-21)18-23(24)32-25(33)17-19-10-12-20(13-11-19)27(29)30;/h10-15,18,21H,2-9,16-17H2,1H3,(H3,29,30)(H,31,35);1H. The zero-order valence-corrected chi connectivity index (χ0v) is 22.1. The number of nitrogens with one attached hydrogen (secondary N) is 2. The van der Waals surface area contributed by atoms with E-state index in [0.717, 1.165) is 53.8 Å². The van der Waals surface area contributed by atoms with Crippen LogP contribution >= 0.6 is 12.4 Å². The molecule has 1 heterocycles. The van der Waals surface area contributed by atoms with E-state index < -0.39 is 0 Å². The van der Waals surface area contributed by atoms with E-state index in [2.05, 4.69) is 9.88 Å². The number of aryl methyl sites for hydroxylation is 1. The van der Waals surface area contributed by atoms with Crippen LogP contribution < -0.4 is 11.1 Å². The first-order valence-electron chi connectivity index (χ1n) is 12.8. The maximum absolute atomic E-state index is 12.7. The molecule has 4 N–H and O–H groups in total. The minimum atomic E-state index is -0.198. The summed E-state index contributed by atoms with van der Waals surface area (Å²) < 4.78 is 7.22. The fourth-order valence-electron chi connectivity index (χ4n) is 4.85. The van der Waals surface area contributed by atoms with Crippen molar-refractivity contribution >= 4 is 46.8 Å². The van der Waals surface area contributed by atoms with E-state index in [1.54, 1.807) is 6.92 Å². The van der Waals surface area contributed by atoms with Gasteiger partial charge in [0, 0.05) is 36.6 Å². The summed E-state index contributed by atoms with van der Waals surface area (Å²) in [7, 11) is 0. The molecule has 1 aromatic heterocycles. The van der Waals surface area contributed by atoms with Gasteiger partial charge >= 0.3 is 5.97 Å². The molecule has 8 nitrogen and oxygen atoms in total. The number of nitrogens with two attached hydrogens (primary N) is 1. The van der Waals surface area contributed by atoms with E-state index in [0.29, 0.717) is 38.0 Å². The average molecular weight is 526 g/mol. The molecular formula is C28H36ClN5O3. The van der Waals surface area contributed by atoms with Gasteiger partial charge in [-0.25, -0.2) is 4.98 Å². The summed E-state index contributed by atoms with van der Waals surface area (Å²) in [5, 5.41) is 10.7. The molecule has 9 heteroatoms. The highest BCUT2D eigenvalue weighted by Crippen LogP contribution is 2.27. The highest BCUT2D eigenvalue weighted by Gasteiger charge is 2.21. The Morgan fingerprint density at radius 1 is 1.14 bits per heavy atom. The number of rotatable bonds is 10. The molecule has 0 bridgehead atoms. The fraction of sp³-hybridized carbons (Fsp3) is 0.429. The van der Waals surface area contributed by atoms with Crippen LogP contribution in [0.2, 0.25) is 0 Å². The van der Waals surface area contributed by atoms with Gasteiger partial charge in [0.1, 0.15) is 11.7 Å². The second-order valence-electron chi connectivity index (χ2n) is 9.40. The fourth-order valence-corrected chi connectivity index (χ4v) is 4.85. The third-order valence-electron chi connectivity index (χ3n) is 6.77. The topological polar surface area (TPSA) is 123 Å². The van der Waals surface area contributed by atoms with E-state index in [9.17, 15) is 9.59 Å². The Labute approximate surface area is 223 Å². The number of benzene rings is 2. The van der Waals surface area contributed by atoms with Gasteiger partial charge in [-0.2, -0.15) is 0 Å². The van der Waals surface area contributed by atoms with Crippen LogP contribution in [0.25, 0.3) is 11.0 Å². The molecule has 2 aromatic carbocycles. The lowest BCUT2D eigenvalue weighted by Gasteiger charge is -2.20. The van der Waals surface area contributed by atoms with Crippen molar-refractivity contribution in [1.82, 2.24) is 9.55 Å². The Morgan fingerprint density at radius 3 is 2.54 bits per heavy atom. The largest absolute Gasteiger partial charge is 0.466 e. The first kappa shape index (κ1) is 28.2. The molecule has 0 saturated heterocycles. The highest BCUT2D eigenvalue weighted by molar-refractivity contribution is 5.95. The van der Waals surface area contributed by atoms with Crippen molar-refractivity contribution < 1.29 is 14.3 Å². The molecule has 37 heavy (non-hydrogen) atoms. The maximum Gasteiger partial charge on any atom is 0.305 e. The molecule has 0 spiro atoms. The second-order valence-corrected chi connectivity index (χ2v) is 9.40. The van der Waals surface area contributed by atoms with Crippen molar-refractivity contribution in [3.05, 3.63) is 59.4 Å². The molecule has 0 atom stereocenters. The van der Waals surface area contributed by atoms with Crippen LogP contribution in [0.4, 0.5) is 5.69 Å². The number of hydrogen-bond acceptors (Lipinski definition) is 5. The Kier molecular flexibility index (Phi) is 10.1. The minimum Gasteiger partial charge on any atom is -0.466 e. The molecule has 0 radical (unpaired) electrons. The number of carbonyl (C=O) groups excluding carboxylic acids is 2. The summed E-state index contributed by atoms with van der Waals surface area (Å²) >= 11 is 0. The number of nitrogens with zero attached hydrogens (tertiary/aromatic N) is 2. The summed E-state index contributed by atoms with van der Waals surface area (Å²) in [4.78, 5) is 29.5. The molecular weight excluding hydrogens is 490 g/mol. The number of anilines is 1. The SMILES string of the molecule is CCOC(=O)CCCn1c(Cc2ccc(C(=N)N)cc2)nc2cc(NC(=O)C3CCCCC3)ccc21.Cl. The molecule has 1 saturated carbocycles. The van der Waals surface area contributed by atoms with Crippen LogP contribution in [0.15, 0.2) is 42.5 Å². The molecule has 1 aliphatic carbocycles. The highest BCUT2D eigenvalue weighted by atomic mass is 35.5. The van der Waals surface area contributed by atoms with Gasteiger partial charge in [0.25, 0.3) is 0 Å². The molecule has 0 aliphatic heterocycles. The third kappa shape index (κ3) is 7.32. The summed E-state index contributed by atoms with van der Waals surface area (Å²) in [5.74, 6) is 0.892. The average Bonchev–Trinajstić information content (AvgIpc) is 3.21. The first-order chi connectivity index (χ1) is 17.4. The van der Waals surface area contributed by atoms with Crippen molar-refractivity contribution in [3.8, 4) is 0 Å². The van der Waals surface area contributed by atoms with Gasteiger partial charge in [0.15, 0.2) is 0 Å². The van der Waals surface area contributed by atoms with Crippen molar-refractivity contribution in [2.24, 2.45) is 11.7 Å². The Morgan fingerprint density at radius 2 is 1.86 bits per heavy atom. The molecule has 1 fully saturated rings. The lowest BCUT2D eigenvalue weighted by atomic mass is 9.88. The van der Waals surface area contributed by atoms with Gasteiger partial charge in [-0.05, 0) is 49.9 Å². The minimum absolute atomic E-state index is 0. The summed E-state index contributed by atoms with van der Waals surface area (Å²) in [6.07, 6.45) is 6.93. The van der Waals surface area contributed by atoms with Crippen LogP contribution in [0.1, 0.15) is 68.8 Å². The van der Waals surface area contributed by atoms with Crippen molar-refractivity contribution in [2.45, 2.75) is 64.8 Å². The van der Waals surface area contributed by atoms with E-state index >= 15 is 0 Å². The van der Waals surface area contributed by atoms with E-state index in [4.69, 9.17) is 20.9 Å². The van der Waals surface area contributed by atoms with Gasteiger partial charge in [-0.3, -0.25) is 15.0 Å². The quantitative estimate of drug-likeness (QED) is 0.191. The molecule has 1 aliphatic rings. The number of halogens is 1. The molecule has 4 rings (SSSR count). The van der Waals surface area contributed by atoms with Gasteiger partial charge in [0.2, 0.25) is 5.91 Å². The number of ether oxygens (including phenoxy) is 1. The maximum atomic E-state index is 12.7. The molecule has 0 unspecified atom stereocenters. The predicted octanol–water partition coefficient (Wildman–Crippen LogP) is 5.20. The van der Waals surface area contributed by atoms with Gasteiger partial charge in [0.05, 0.1) is 17.6 Å². The third-order valence-corrected chi connectivity index (χ3v) is 6.77. The zero-order chi connectivity index (χ0) is 25.5. The summed E-state index contributed by atoms with van der Waals surface area (Å²) in [6, 6.07) is 13.4. The van der Waals surface area contributed by atoms with Crippen LogP contribution in [-0.4, -0.2) is 33.9 Å². The van der Waals surface area contributed by atoms with Crippen molar-refractivity contribution in [3.63, 3.8) is 0 Å². The molecule has 3 aromatic rings.